The van der Waals surface area contributed by atoms with Crippen LogP contribution in [-0.4, -0.2) is 44.4 Å². The maximum absolute atomic E-state index is 10.3. The number of phenolic OH excluding ortho intramolecular Hbond substituents is 1. The van der Waals surface area contributed by atoms with Gasteiger partial charge in [-0.05, 0) is 31.2 Å². The molecule has 5 heteroatoms. The zero-order valence-corrected chi connectivity index (χ0v) is 14.1. The van der Waals surface area contributed by atoms with Gasteiger partial charge in [0.15, 0.2) is 23.0 Å². The molecule has 24 heavy (non-hydrogen) atoms. The van der Waals surface area contributed by atoms with Crippen LogP contribution in [0.1, 0.15) is 22.6 Å². The van der Waals surface area contributed by atoms with E-state index in [0.29, 0.717) is 23.0 Å². The Morgan fingerprint density at radius 2 is 1.92 bits per heavy atom. The molecule has 0 spiro atoms. The van der Waals surface area contributed by atoms with Gasteiger partial charge >= 0.3 is 0 Å². The van der Waals surface area contributed by atoms with Gasteiger partial charge in [-0.1, -0.05) is 6.07 Å². The van der Waals surface area contributed by atoms with Crippen LogP contribution in [0.2, 0.25) is 0 Å². The van der Waals surface area contributed by atoms with E-state index in [1.54, 1.807) is 20.3 Å². The minimum absolute atomic E-state index is 0.137. The molecule has 0 saturated heterocycles. The largest absolute Gasteiger partial charge is 0.504 e. The average Bonchev–Trinajstić information content (AvgIpc) is 2.76. The number of rotatable bonds is 2. The third-order valence-electron chi connectivity index (χ3n) is 4.97. The SMILES string of the molecule is COc1cc2c(cc1OC)[C@@H]1CN(C)CCc3ccc(O)c(c31)O2. The van der Waals surface area contributed by atoms with Crippen molar-refractivity contribution in [3.63, 3.8) is 0 Å². The lowest BCUT2D eigenvalue weighted by molar-refractivity contribution is 0.321. The van der Waals surface area contributed by atoms with Gasteiger partial charge in [0, 0.05) is 36.2 Å². The van der Waals surface area contributed by atoms with E-state index in [1.165, 1.54) is 5.56 Å². The molecule has 2 aromatic carbocycles. The summed E-state index contributed by atoms with van der Waals surface area (Å²) in [7, 11) is 5.37. The van der Waals surface area contributed by atoms with Crippen molar-refractivity contribution in [1.82, 2.24) is 4.90 Å². The van der Waals surface area contributed by atoms with Crippen LogP contribution >= 0.6 is 0 Å². The number of ether oxygens (including phenoxy) is 3. The Bertz CT molecular complexity index is 802. The lowest BCUT2D eigenvalue weighted by Gasteiger charge is -2.31. The normalized spacial score (nSPS) is 18.9. The molecule has 0 saturated carbocycles. The molecule has 0 bridgehead atoms. The van der Waals surface area contributed by atoms with Gasteiger partial charge < -0.3 is 24.2 Å². The highest BCUT2D eigenvalue weighted by molar-refractivity contribution is 5.64. The highest BCUT2D eigenvalue weighted by Crippen LogP contribution is 2.52. The number of benzene rings is 2. The maximum atomic E-state index is 10.3. The predicted octanol–water partition coefficient (Wildman–Crippen LogP) is 3.13. The molecule has 1 atom stereocenters. The van der Waals surface area contributed by atoms with Gasteiger partial charge in [-0.15, -0.1) is 0 Å². The standard InChI is InChI=1S/C19H21NO4/c1-20-7-6-11-4-5-14(21)19-18(11)13(10-20)12-8-16(22-2)17(23-3)9-15(12)24-19/h4-5,8-9,13,21H,6-7,10H2,1-3H3/t13-/m0/s1. The first kappa shape index (κ1) is 15.1. The topological polar surface area (TPSA) is 51.2 Å². The highest BCUT2D eigenvalue weighted by atomic mass is 16.5. The van der Waals surface area contributed by atoms with Crippen LogP contribution in [0.15, 0.2) is 24.3 Å². The molecule has 2 aliphatic rings. The van der Waals surface area contributed by atoms with Crippen LogP contribution in [-0.2, 0) is 6.42 Å². The van der Waals surface area contributed by atoms with Gasteiger partial charge in [0.25, 0.3) is 0 Å². The van der Waals surface area contributed by atoms with Crippen molar-refractivity contribution >= 4 is 0 Å². The number of nitrogens with zero attached hydrogens (tertiary/aromatic N) is 1. The zero-order chi connectivity index (χ0) is 16.8. The summed E-state index contributed by atoms with van der Waals surface area (Å²) in [4.78, 5) is 2.32. The molecule has 4 rings (SSSR count). The fourth-order valence-electron chi connectivity index (χ4n) is 3.74. The molecule has 0 aliphatic carbocycles. The fourth-order valence-corrected chi connectivity index (χ4v) is 3.74. The van der Waals surface area contributed by atoms with Gasteiger partial charge in [-0.25, -0.2) is 0 Å². The number of methoxy groups -OCH3 is 2. The Kier molecular flexibility index (Phi) is 3.53. The van der Waals surface area contributed by atoms with Gasteiger partial charge in [-0.2, -0.15) is 0 Å². The van der Waals surface area contributed by atoms with Crippen LogP contribution in [0.4, 0.5) is 0 Å². The first-order chi connectivity index (χ1) is 11.6. The lowest BCUT2D eigenvalue weighted by Crippen LogP contribution is -2.25. The van der Waals surface area contributed by atoms with Crippen LogP contribution in [0, 0.1) is 0 Å². The molecule has 0 aromatic heterocycles. The van der Waals surface area contributed by atoms with E-state index < -0.39 is 0 Å². The van der Waals surface area contributed by atoms with E-state index >= 15 is 0 Å². The zero-order valence-electron chi connectivity index (χ0n) is 14.1. The Hall–Kier alpha value is -2.40. The van der Waals surface area contributed by atoms with E-state index in [1.807, 2.05) is 18.2 Å². The summed E-state index contributed by atoms with van der Waals surface area (Å²) in [6.07, 6.45) is 0.946. The summed E-state index contributed by atoms with van der Waals surface area (Å²) in [5.74, 6) is 2.93. The first-order valence-corrected chi connectivity index (χ1v) is 8.09. The van der Waals surface area contributed by atoms with Crippen molar-refractivity contribution in [2.45, 2.75) is 12.3 Å². The van der Waals surface area contributed by atoms with Crippen LogP contribution in [0.25, 0.3) is 0 Å². The van der Waals surface area contributed by atoms with E-state index in [-0.39, 0.29) is 11.7 Å². The summed E-state index contributed by atoms with van der Waals surface area (Å²) < 4.78 is 16.9. The molecular weight excluding hydrogens is 306 g/mol. The van der Waals surface area contributed by atoms with E-state index in [9.17, 15) is 5.11 Å². The molecule has 2 aliphatic heterocycles. The number of hydrogen-bond donors (Lipinski definition) is 1. The highest BCUT2D eigenvalue weighted by Gasteiger charge is 2.35. The van der Waals surface area contributed by atoms with E-state index in [2.05, 4.69) is 11.9 Å². The second-order valence-corrected chi connectivity index (χ2v) is 6.40. The molecular formula is C19H21NO4. The number of phenols is 1. The number of aromatic hydroxyl groups is 1. The molecule has 0 radical (unpaired) electrons. The van der Waals surface area contributed by atoms with Gasteiger partial charge in [0.1, 0.15) is 5.75 Å². The molecule has 0 fully saturated rings. The molecule has 2 aromatic rings. The van der Waals surface area contributed by atoms with Gasteiger partial charge in [0.2, 0.25) is 0 Å². The number of fused-ring (bicyclic) bond motifs is 2. The van der Waals surface area contributed by atoms with Crippen LogP contribution in [0.5, 0.6) is 28.7 Å². The summed E-state index contributed by atoms with van der Waals surface area (Å²) in [6, 6.07) is 7.57. The summed E-state index contributed by atoms with van der Waals surface area (Å²) >= 11 is 0. The molecule has 5 nitrogen and oxygen atoms in total. The van der Waals surface area contributed by atoms with Crippen molar-refractivity contribution in [3.8, 4) is 28.7 Å². The minimum atomic E-state index is 0.137. The summed E-state index contributed by atoms with van der Waals surface area (Å²) in [6.45, 7) is 1.85. The first-order valence-electron chi connectivity index (χ1n) is 8.09. The third-order valence-corrected chi connectivity index (χ3v) is 4.97. The summed E-state index contributed by atoms with van der Waals surface area (Å²) in [5.41, 5.74) is 3.40. The smallest absolute Gasteiger partial charge is 0.173 e. The Labute approximate surface area is 141 Å². The van der Waals surface area contributed by atoms with Gasteiger partial charge in [-0.3, -0.25) is 0 Å². The second-order valence-electron chi connectivity index (χ2n) is 6.40. The maximum Gasteiger partial charge on any atom is 0.173 e. The minimum Gasteiger partial charge on any atom is -0.504 e. The number of likely N-dealkylation sites (N-methyl/N-ethyl adjacent to an activating group) is 1. The summed E-state index contributed by atoms with van der Waals surface area (Å²) in [5, 5.41) is 10.3. The Balaban J connectivity index is 1.95. The fraction of sp³-hybridized carbons (Fsp3) is 0.368. The van der Waals surface area contributed by atoms with Crippen molar-refractivity contribution in [1.29, 1.82) is 0 Å². The van der Waals surface area contributed by atoms with Crippen molar-refractivity contribution in [3.05, 3.63) is 41.0 Å². The second kappa shape index (κ2) is 5.60. The van der Waals surface area contributed by atoms with Crippen LogP contribution in [0.3, 0.4) is 0 Å². The Morgan fingerprint density at radius 1 is 1.17 bits per heavy atom. The van der Waals surface area contributed by atoms with Crippen molar-refractivity contribution in [2.24, 2.45) is 0 Å². The van der Waals surface area contributed by atoms with Gasteiger partial charge in [0.05, 0.1) is 14.2 Å². The predicted molar refractivity (Wildman–Crippen MR) is 90.8 cm³/mol. The molecule has 2 heterocycles. The van der Waals surface area contributed by atoms with E-state index in [0.717, 1.165) is 30.6 Å². The molecule has 0 unspecified atom stereocenters. The molecule has 1 N–H and O–H groups in total. The molecule has 126 valence electrons. The number of hydrogen-bond acceptors (Lipinski definition) is 5. The monoisotopic (exact) mass is 327 g/mol. The van der Waals surface area contributed by atoms with Crippen molar-refractivity contribution < 1.29 is 19.3 Å². The van der Waals surface area contributed by atoms with Crippen molar-refractivity contribution in [2.75, 3.05) is 34.4 Å². The lowest BCUT2D eigenvalue weighted by atomic mass is 9.84. The van der Waals surface area contributed by atoms with E-state index in [4.69, 9.17) is 14.2 Å². The quantitative estimate of drug-likeness (QED) is 0.918. The third kappa shape index (κ3) is 2.19. The van der Waals surface area contributed by atoms with Crippen LogP contribution < -0.4 is 14.2 Å². The average molecular weight is 327 g/mol. The molecule has 0 amide bonds. The Morgan fingerprint density at radius 3 is 2.67 bits per heavy atom.